The van der Waals surface area contributed by atoms with Crippen LogP contribution in [0, 0.1) is 19.3 Å². The molecule has 0 unspecified atom stereocenters. The third kappa shape index (κ3) is 5.16. The first-order valence-corrected chi connectivity index (χ1v) is 13.3. The number of nitrogens with zero attached hydrogens (tertiary/aromatic N) is 4. The largest absolute Gasteiger partial charge is 0.336 e. The minimum absolute atomic E-state index is 0.0625. The van der Waals surface area contributed by atoms with Gasteiger partial charge in [-0.15, -0.1) is 0 Å². The number of urea groups is 1. The van der Waals surface area contributed by atoms with Crippen LogP contribution < -0.4 is 10.9 Å². The Kier molecular flexibility index (Phi) is 6.75. The maximum atomic E-state index is 13.8. The molecule has 3 amide bonds. The van der Waals surface area contributed by atoms with Gasteiger partial charge < -0.3 is 15.1 Å². The summed E-state index contributed by atoms with van der Waals surface area (Å²) in [5.41, 5.74) is 5.45. The number of H-pyrrole nitrogens is 2. The van der Waals surface area contributed by atoms with E-state index < -0.39 is 6.04 Å². The smallest absolute Gasteiger partial charge is 0.318 e. The Morgan fingerprint density at radius 2 is 1.87 bits per heavy atom. The van der Waals surface area contributed by atoms with E-state index in [1.54, 1.807) is 4.90 Å². The lowest BCUT2D eigenvalue weighted by atomic mass is 9.90. The summed E-state index contributed by atoms with van der Waals surface area (Å²) in [5, 5.41) is 18.0. The number of nitrogens with one attached hydrogen (secondary N) is 3. The van der Waals surface area contributed by atoms with E-state index in [0.717, 1.165) is 38.9 Å². The van der Waals surface area contributed by atoms with Gasteiger partial charge in [-0.2, -0.15) is 10.2 Å². The number of benzene rings is 1. The van der Waals surface area contributed by atoms with Crippen molar-refractivity contribution in [3.05, 3.63) is 56.6 Å². The zero-order valence-electron chi connectivity index (χ0n) is 22.9. The number of amides is 3. The van der Waals surface area contributed by atoms with Crippen molar-refractivity contribution >= 4 is 22.8 Å². The van der Waals surface area contributed by atoms with Crippen LogP contribution in [0.1, 0.15) is 67.5 Å². The molecule has 2 aliphatic rings. The highest BCUT2D eigenvalue weighted by Crippen LogP contribution is 2.31. The van der Waals surface area contributed by atoms with E-state index in [1.165, 1.54) is 0 Å². The lowest BCUT2D eigenvalue weighted by Crippen LogP contribution is -2.54. The molecule has 2 aromatic heterocycles. The van der Waals surface area contributed by atoms with Crippen molar-refractivity contribution in [2.75, 3.05) is 19.6 Å². The van der Waals surface area contributed by atoms with Gasteiger partial charge >= 0.3 is 6.03 Å². The fourth-order valence-corrected chi connectivity index (χ4v) is 5.86. The predicted octanol–water partition coefficient (Wildman–Crippen LogP) is 3.15. The number of fused-ring (bicyclic) bond motifs is 3. The first-order chi connectivity index (χ1) is 18.0. The molecule has 0 saturated carbocycles. The average molecular weight is 520 g/mol. The fourth-order valence-electron chi connectivity index (χ4n) is 5.86. The van der Waals surface area contributed by atoms with Crippen LogP contribution in [0.3, 0.4) is 0 Å². The number of aromatic amines is 2. The highest BCUT2D eigenvalue weighted by Gasteiger charge is 2.35. The van der Waals surface area contributed by atoms with Crippen LogP contribution >= 0.6 is 0 Å². The van der Waals surface area contributed by atoms with Crippen molar-refractivity contribution < 1.29 is 9.59 Å². The van der Waals surface area contributed by atoms with Gasteiger partial charge in [0.05, 0.1) is 17.4 Å². The van der Waals surface area contributed by atoms with Crippen molar-refractivity contribution in [3.63, 3.8) is 0 Å². The topological polar surface area (TPSA) is 127 Å². The molecule has 1 aromatic carbocycles. The normalized spacial score (nSPS) is 19.0. The molecule has 202 valence electrons. The Bertz CT molecular complexity index is 1430. The molecule has 10 nitrogen and oxygen atoms in total. The van der Waals surface area contributed by atoms with Gasteiger partial charge in [-0.25, -0.2) is 9.89 Å². The molecule has 3 N–H and O–H groups in total. The molecule has 3 aromatic rings. The summed E-state index contributed by atoms with van der Waals surface area (Å²) >= 11 is 0. The van der Waals surface area contributed by atoms with Gasteiger partial charge in [-0.1, -0.05) is 26.8 Å². The number of aromatic nitrogens is 4. The summed E-state index contributed by atoms with van der Waals surface area (Å²) in [4.78, 5) is 43.1. The Balaban J connectivity index is 1.35. The SMILES string of the molecule is Cc1cc(C2CCN(C(=O)N[C@H]3Cc4cc(C)c5[nH]ncc5c4CN(CC(C)(C)C)C3=O)CC2)c(=O)[nH]n1. The van der Waals surface area contributed by atoms with Gasteiger partial charge in [-0.05, 0) is 60.8 Å². The van der Waals surface area contributed by atoms with E-state index >= 15 is 0 Å². The van der Waals surface area contributed by atoms with Crippen LogP contribution in [0.4, 0.5) is 4.79 Å². The monoisotopic (exact) mass is 519 g/mol. The quantitative estimate of drug-likeness (QED) is 0.490. The Morgan fingerprint density at radius 3 is 2.58 bits per heavy atom. The van der Waals surface area contributed by atoms with Gasteiger partial charge in [0.2, 0.25) is 5.91 Å². The van der Waals surface area contributed by atoms with Gasteiger partial charge in [0, 0.05) is 43.5 Å². The second-order valence-electron chi connectivity index (χ2n) is 12.0. The number of aryl methyl sites for hydroxylation is 2. The summed E-state index contributed by atoms with van der Waals surface area (Å²) in [6, 6.07) is 3.06. The van der Waals surface area contributed by atoms with Crippen LogP contribution in [0.5, 0.6) is 0 Å². The summed E-state index contributed by atoms with van der Waals surface area (Å²) < 4.78 is 0. The third-order valence-electron chi connectivity index (χ3n) is 7.67. The van der Waals surface area contributed by atoms with Crippen LogP contribution in [-0.4, -0.2) is 67.8 Å². The number of rotatable bonds is 3. The molecule has 1 saturated heterocycles. The molecule has 0 bridgehead atoms. The molecule has 1 fully saturated rings. The molecule has 5 rings (SSSR count). The van der Waals surface area contributed by atoms with E-state index in [0.29, 0.717) is 45.4 Å². The Labute approximate surface area is 222 Å². The maximum Gasteiger partial charge on any atom is 0.318 e. The number of carbonyl (C=O) groups excluding carboxylic acids is 2. The first kappa shape index (κ1) is 25.9. The second kappa shape index (κ2) is 9.89. The van der Waals surface area contributed by atoms with E-state index in [2.05, 4.69) is 52.5 Å². The molecule has 0 radical (unpaired) electrons. The molecule has 0 spiro atoms. The number of hydrogen-bond donors (Lipinski definition) is 3. The molecular formula is C28H37N7O3. The molecule has 1 atom stereocenters. The number of carbonyl (C=O) groups is 2. The molecular weight excluding hydrogens is 482 g/mol. The second-order valence-corrected chi connectivity index (χ2v) is 12.0. The zero-order valence-corrected chi connectivity index (χ0v) is 22.9. The molecule has 10 heteroatoms. The molecule has 4 heterocycles. The van der Waals surface area contributed by atoms with Gasteiger partial charge in [0.15, 0.2) is 0 Å². The van der Waals surface area contributed by atoms with E-state index in [4.69, 9.17) is 0 Å². The van der Waals surface area contributed by atoms with Crippen LogP contribution in [0.15, 0.2) is 23.1 Å². The van der Waals surface area contributed by atoms with Gasteiger partial charge in [-0.3, -0.25) is 14.7 Å². The van der Waals surface area contributed by atoms with Crippen LogP contribution in [0.2, 0.25) is 0 Å². The lowest BCUT2D eigenvalue weighted by molar-refractivity contribution is -0.134. The first-order valence-electron chi connectivity index (χ1n) is 13.3. The highest BCUT2D eigenvalue weighted by atomic mass is 16.2. The van der Waals surface area contributed by atoms with Crippen LogP contribution in [0.25, 0.3) is 10.9 Å². The van der Waals surface area contributed by atoms with Crippen molar-refractivity contribution in [1.82, 2.24) is 35.5 Å². The van der Waals surface area contributed by atoms with Crippen molar-refractivity contribution in [2.45, 2.75) is 72.4 Å². The van der Waals surface area contributed by atoms with Gasteiger partial charge in [0.1, 0.15) is 6.04 Å². The van der Waals surface area contributed by atoms with E-state index in [9.17, 15) is 14.4 Å². The van der Waals surface area contributed by atoms with E-state index in [1.807, 2.05) is 31.0 Å². The van der Waals surface area contributed by atoms with Crippen LogP contribution in [-0.2, 0) is 17.8 Å². The fraction of sp³-hybridized carbons (Fsp3) is 0.536. The maximum absolute atomic E-state index is 13.8. The van der Waals surface area contributed by atoms with Crippen molar-refractivity contribution in [2.24, 2.45) is 5.41 Å². The Morgan fingerprint density at radius 1 is 1.13 bits per heavy atom. The zero-order chi connectivity index (χ0) is 27.2. The third-order valence-corrected chi connectivity index (χ3v) is 7.67. The number of likely N-dealkylation sites (tertiary alicyclic amines) is 1. The predicted molar refractivity (Wildman–Crippen MR) is 145 cm³/mol. The van der Waals surface area contributed by atoms with Crippen molar-refractivity contribution in [1.29, 1.82) is 0 Å². The number of hydrogen-bond acceptors (Lipinski definition) is 5. The summed E-state index contributed by atoms with van der Waals surface area (Å²) in [6.07, 6.45) is 3.65. The molecule has 0 aliphatic carbocycles. The molecule has 2 aliphatic heterocycles. The van der Waals surface area contributed by atoms with E-state index in [-0.39, 0.29) is 28.8 Å². The summed E-state index contributed by atoms with van der Waals surface area (Å²) in [6.45, 7) is 12.3. The average Bonchev–Trinajstić information content (AvgIpc) is 3.32. The van der Waals surface area contributed by atoms with Crippen molar-refractivity contribution in [3.8, 4) is 0 Å². The highest BCUT2D eigenvalue weighted by molar-refractivity contribution is 5.91. The summed E-state index contributed by atoms with van der Waals surface area (Å²) in [7, 11) is 0. The number of piperidine rings is 1. The minimum atomic E-state index is -0.654. The minimum Gasteiger partial charge on any atom is -0.336 e. The lowest BCUT2D eigenvalue weighted by Gasteiger charge is -2.34. The standard InChI is InChI=1S/C28H37N7O3/c1-16-10-19-12-23(26(37)35(15-28(3,4)5)14-22(19)21-13-29-32-24(16)21)30-27(38)34-8-6-18(7-9-34)20-11-17(2)31-33-25(20)36/h10-11,13,18,23H,6-9,12,14-15H2,1-5H3,(H,29,32)(H,30,38)(H,33,36)/t23-/m0/s1. The summed E-state index contributed by atoms with van der Waals surface area (Å²) in [5.74, 6) is 0.0194. The molecule has 38 heavy (non-hydrogen) atoms. The van der Waals surface area contributed by atoms with Gasteiger partial charge in [0.25, 0.3) is 5.56 Å². The Hall–Kier alpha value is -3.69.